The van der Waals surface area contributed by atoms with Gasteiger partial charge in [-0.1, -0.05) is 24.3 Å². The Morgan fingerprint density at radius 2 is 2.04 bits per heavy atom. The van der Waals surface area contributed by atoms with Gasteiger partial charge in [0.15, 0.2) is 11.5 Å². The maximum atomic E-state index is 8.53. The van der Waals surface area contributed by atoms with Crippen molar-refractivity contribution in [3.63, 3.8) is 0 Å². The van der Waals surface area contributed by atoms with Crippen LogP contribution in [0.5, 0.6) is 17.2 Å². The highest BCUT2D eigenvalue weighted by molar-refractivity contribution is 5.48. The van der Waals surface area contributed by atoms with E-state index in [9.17, 15) is 0 Å². The van der Waals surface area contributed by atoms with Gasteiger partial charge >= 0.3 is 0 Å². The Morgan fingerprint density at radius 1 is 1.12 bits per heavy atom. The molecule has 24 heavy (non-hydrogen) atoms. The van der Waals surface area contributed by atoms with E-state index in [2.05, 4.69) is 17.5 Å². The minimum atomic E-state index is 0.289. The molecule has 1 N–H and O–H groups in total. The number of benzene rings is 2. The fraction of sp³-hybridized carbons (Fsp3) is 0.316. The molecule has 0 radical (unpaired) electrons. The van der Waals surface area contributed by atoms with Crippen LogP contribution >= 0.6 is 0 Å². The number of nitriles is 1. The van der Waals surface area contributed by atoms with Gasteiger partial charge in [-0.25, -0.2) is 0 Å². The molecule has 5 nitrogen and oxygen atoms in total. The third kappa shape index (κ3) is 4.18. The van der Waals surface area contributed by atoms with Gasteiger partial charge in [0.1, 0.15) is 5.75 Å². The molecule has 0 amide bonds. The van der Waals surface area contributed by atoms with Crippen LogP contribution in [0.4, 0.5) is 0 Å². The topological polar surface area (TPSA) is 63.5 Å². The molecule has 0 aliphatic carbocycles. The van der Waals surface area contributed by atoms with E-state index >= 15 is 0 Å². The van der Waals surface area contributed by atoms with Gasteiger partial charge in [-0.05, 0) is 30.2 Å². The van der Waals surface area contributed by atoms with Gasteiger partial charge in [-0.2, -0.15) is 5.26 Å². The molecule has 5 heteroatoms. The molecular formula is C19H20N2O3. The van der Waals surface area contributed by atoms with E-state index in [0.29, 0.717) is 19.6 Å². The van der Waals surface area contributed by atoms with Gasteiger partial charge < -0.3 is 19.5 Å². The molecule has 0 atom stereocenters. The summed E-state index contributed by atoms with van der Waals surface area (Å²) in [6.07, 6.45) is 1.27. The van der Waals surface area contributed by atoms with Gasteiger partial charge in [0.25, 0.3) is 0 Å². The molecule has 3 rings (SSSR count). The fourth-order valence-electron chi connectivity index (χ4n) is 2.56. The number of rotatable bonds is 8. The minimum Gasteiger partial charge on any atom is -0.494 e. The zero-order chi connectivity index (χ0) is 16.6. The molecular weight excluding hydrogens is 304 g/mol. The van der Waals surface area contributed by atoms with Crippen LogP contribution < -0.4 is 19.5 Å². The maximum absolute atomic E-state index is 8.53. The van der Waals surface area contributed by atoms with E-state index in [1.54, 1.807) is 0 Å². The number of ether oxygens (including phenoxy) is 3. The lowest BCUT2D eigenvalue weighted by Gasteiger charge is -2.10. The van der Waals surface area contributed by atoms with Crippen molar-refractivity contribution in [1.82, 2.24) is 5.32 Å². The van der Waals surface area contributed by atoms with E-state index in [0.717, 1.165) is 41.3 Å². The average Bonchev–Trinajstić information content (AvgIpc) is 3.09. The van der Waals surface area contributed by atoms with E-state index in [1.807, 2.05) is 36.4 Å². The summed E-state index contributed by atoms with van der Waals surface area (Å²) in [5, 5.41) is 11.9. The summed E-state index contributed by atoms with van der Waals surface area (Å²) in [5.41, 5.74) is 2.24. The molecule has 0 saturated heterocycles. The van der Waals surface area contributed by atoms with Gasteiger partial charge in [0.05, 0.1) is 12.7 Å². The molecule has 0 fully saturated rings. The SMILES string of the molecule is N#CCCCOc1cccc(CNCc2cccc3c2OCO3)c1. The average molecular weight is 324 g/mol. The first-order chi connectivity index (χ1) is 11.9. The number of hydrogen-bond acceptors (Lipinski definition) is 5. The Balaban J connectivity index is 1.50. The highest BCUT2D eigenvalue weighted by atomic mass is 16.7. The van der Waals surface area contributed by atoms with Crippen LogP contribution in [0.25, 0.3) is 0 Å². The first-order valence-corrected chi connectivity index (χ1v) is 8.04. The van der Waals surface area contributed by atoms with Crippen molar-refractivity contribution in [3.05, 3.63) is 53.6 Å². The second-order valence-electron chi connectivity index (χ2n) is 5.51. The molecule has 1 heterocycles. The summed E-state index contributed by atoms with van der Waals surface area (Å²) >= 11 is 0. The largest absolute Gasteiger partial charge is 0.494 e. The molecule has 1 aliphatic rings. The van der Waals surface area contributed by atoms with Crippen LogP contribution in [-0.2, 0) is 13.1 Å². The van der Waals surface area contributed by atoms with E-state index in [4.69, 9.17) is 19.5 Å². The van der Waals surface area contributed by atoms with Crippen molar-refractivity contribution < 1.29 is 14.2 Å². The van der Waals surface area contributed by atoms with Gasteiger partial charge in [0.2, 0.25) is 6.79 Å². The number of nitrogens with one attached hydrogen (secondary N) is 1. The summed E-state index contributed by atoms with van der Waals surface area (Å²) in [6, 6.07) is 16.0. The molecule has 0 spiro atoms. The molecule has 2 aromatic carbocycles. The third-order valence-corrected chi connectivity index (χ3v) is 3.72. The van der Waals surface area contributed by atoms with Crippen molar-refractivity contribution in [3.8, 4) is 23.3 Å². The lowest BCUT2D eigenvalue weighted by Crippen LogP contribution is -2.13. The van der Waals surface area contributed by atoms with E-state index < -0.39 is 0 Å². The fourth-order valence-corrected chi connectivity index (χ4v) is 2.56. The number of hydrogen-bond donors (Lipinski definition) is 1. The summed E-state index contributed by atoms with van der Waals surface area (Å²) in [6.45, 7) is 2.30. The predicted octanol–water partition coefficient (Wildman–Crippen LogP) is 3.39. The van der Waals surface area contributed by atoms with Gasteiger partial charge in [-0.3, -0.25) is 0 Å². The number of unbranched alkanes of at least 4 members (excludes halogenated alkanes) is 1. The van der Waals surface area contributed by atoms with Crippen LogP contribution in [0.15, 0.2) is 42.5 Å². The highest BCUT2D eigenvalue weighted by Crippen LogP contribution is 2.35. The number of nitrogens with zero attached hydrogens (tertiary/aromatic N) is 1. The van der Waals surface area contributed by atoms with Gasteiger partial charge in [-0.15, -0.1) is 0 Å². The van der Waals surface area contributed by atoms with Crippen molar-refractivity contribution >= 4 is 0 Å². The molecule has 0 bridgehead atoms. The summed E-state index contributed by atoms with van der Waals surface area (Å²) < 4.78 is 16.6. The van der Waals surface area contributed by atoms with Crippen molar-refractivity contribution in [2.24, 2.45) is 0 Å². The number of para-hydroxylation sites is 1. The first-order valence-electron chi connectivity index (χ1n) is 8.04. The predicted molar refractivity (Wildman–Crippen MR) is 89.9 cm³/mol. The third-order valence-electron chi connectivity index (χ3n) is 3.72. The lowest BCUT2D eigenvalue weighted by molar-refractivity contribution is 0.173. The molecule has 0 saturated carbocycles. The Bertz CT molecular complexity index is 725. The van der Waals surface area contributed by atoms with Crippen LogP contribution in [0, 0.1) is 11.3 Å². The van der Waals surface area contributed by atoms with Crippen molar-refractivity contribution in [2.45, 2.75) is 25.9 Å². The standard InChI is InChI=1S/C19H20N2O3/c20-9-1-2-10-22-17-7-3-5-15(11-17)12-21-13-16-6-4-8-18-19(16)24-14-23-18/h3-8,11,21H,1-2,10,12-14H2. The second-order valence-corrected chi connectivity index (χ2v) is 5.51. The summed E-state index contributed by atoms with van der Waals surface area (Å²) in [7, 11) is 0. The van der Waals surface area contributed by atoms with E-state index in [1.165, 1.54) is 0 Å². The Hall–Kier alpha value is -2.71. The smallest absolute Gasteiger partial charge is 0.231 e. The molecule has 0 aromatic heterocycles. The number of fused-ring (bicyclic) bond motifs is 1. The van der Waals surface area contributed by atoms with Gasteiger partial charge in [0, 0.05) is 25.1 Å². The monoisotopic (exact) mass is 324 g/mol. The van der Waals surface area contributed by atoms with Crippen LogP contribution in [0.1, 0.15) is 24.0 Å². The Kier molecular flexibility index (Phi) is 5.54. The minimum absolute atomic E-state index is 0.289. The normalized spacial score (nSPS) is 12.0. The summed E-state index contributed by atoms with van der Waals surface area (Å²) in [4.78, 5) is 0. The quantitative estimate of drug-likeness (QED) is 0.754. The molecule has 124 valence electrons. The molecule has 2 aromatic rings. The Morgan fingerprint density at radius 3 is 2.96 bits per heavy atom. The lowest BCUT2D eigenvalue weighted by atomic mass is 10.1. The summed E-state index contributed by atoms with van der Waals surface area (Å²) in [5.74, 6) is 2.48. The first kappa shape index (κ1) is 16.2. The van der Waals surface area contributed by atoms with E-state index in [-0.39, 0.29) is 6.79 Å². The molecule has 1 aliphatic heterocycles. The van der Waals surface area contributed by atoms with Crippen molar-refractivity contribution in [1.29, 1.82) is 5.26 Å². The zero-order valence-electron chi connectivity index (χ0n) is 13.5. The highest BCUT2D eigenvalue weighted by Gasteiger charge is 2.16. The van der Waals surface area contributed by atoms with Crippen LogP contribution in [-0.4, -0.2) is 13.4 Å². The Labute approximate surface area is 141 Å². The molecule has 0 unspecified atom stereocenters. The second kappa shape index (κ2) is 8.23. The van der Waals surface area contributed by atoms with Crippen LogP contribution in [0.3, 0.4) is 0 Å². The maximum Gasteiger partial charge on any atom is 0.231 e. The zero-order valence-corrected chi connectivity index (χ0v) is 13.5. The van der Waals surface area contributed by atoms with Crippen LogP contribution in [0.2, 0.25) is 0 Å². The van der Waals surface area contributed by atoms with Crippen molar-refractivity contribution in [2.75, 3.05) is 13.4 Å².